The molecule has 0 bridgehead atoms. The molecule has 0 radical (unpaired) electrons. The Hall–Kier alpha value is -2.33. The van der Waals surface area contributed by atoms with Crippen LogP contribution in [0.3, 0.4) is 0 Å². The molecule has 41 heavy (non-hydrogen) atoms. The molecule has 13 heteroatoms. The van der Waals surface area contributed by atoms with Crippen molar-refractivity contribution >= 4 is 42.5 Å². The first kappa shape index (κ1) is 31.6. The number of piperidine rings is 1. The number of halogens is 5. The van der Waals surface area contributed by atoms with Crippen LogP contribution in [0.2, 0.25) is 10.7 Å². The van der Waals surface area contributed by atoms with Gasteiger partial charge in [-0.15, -0.1) is 0 Å². The molecule has 0 spiro atoms. The topological polar surface area (TPSA) is 76.1 Å². The summed E-state index contributed by atoms with van der Waals surface area (Å²) in [5.41, 5.74) is 2.38. The Morgan fingerprint density at radius 2 is 1.85 bits per heavy atom. The van der Waals surface area contributed by atoms with E-state index in [1.54, 1.807) is 30.1 Å². The zero-order valence-electron chi connectivity index (χ0n) is 22.9. The zero-order valence-corrected chi connectivity index (χ0v) is 25.5. The number of nitrogens with one attached hydrogen (secondary N) is 1. The molecule has 2 atom stereocenters. The molecule has 2 unspecified atom stereocenters. The Kier molecular flexibility index (Phi) is 10.3. The number of rotatable bonds is 9. The molecule has 2 aliphatic heterocycles. The summed E-state index contributed by atoms with van der Waals surface area (Å²) < 4.78 is 53.2. The van der Waals surface area contributed by atoms with Gasteiger partial charge in [0.15, 0.2) is 0 Å². The minimum absolute atomic E-state index is 0.136. The van der Waals surface area contributed by atoms with E-state index in [0.29, 0.717) is 36.5 Å². The van der Waals surface area contributed by atoms with Crippen molar-refractivity contribution in [2.24, 2.45) is 0 Å². The van der Waals surface area contributed by atoms with Crippen molar-refractivity contribution in [3.8, 4) is 0 Å². The third-order valence-electron chi connectivity index (χ3n) is 7.68. The fraction of sp³-hybridized carbons (Fsp3) is 0.500. The molecular weight excluding hydrogens is 627 g/mol. The minimum Gasteiger partial charge on any atom is -0.0834 e. The molecule has 2 fully saturated rings. The third-order valence-corrected chi connectivity index (χ3v) is 12.7. The molecular formula is C28H34AsClF4N4O3. The van der Waals surface area contributed by atoms with Gasteiger partial charge in [-0.05, 0) is 0 Å². The number of carbonyl (C=O) groups excluding carboxylic acids is 2. The van der Waals surface area contributed by atoms with Gasteiger partial charge in [-0.1, -0.05) is 11.6 Å². The molecule has 0 saturated carbocycles. The van der Waals surface area contributed by atoms with Gasteiger partial charge in [0, 0.05) is 13.6 Å². The molecule has 7 nitrogen and oxygen atoms in total. The van der Waals surface area contributed by atoms with Crippen LogP contribution in [0, 0.1) is 5.82 Å². The van der Waals surface area contributed by atoms with E-state index in [1.807, 2.05) is 0 Å². The number of nitrogens with zero attached hydrogens (tertiary/aromatic N) is 3. The van der Waals surface area contributed by atoms with E-state index in [0.717, 1.165) is 30.9 Å². The van der Waals surface area contributed by atoms with E-state index in [1.165, 1.54) is 22.7 Å². The van der Waals surface area contributed by atoms with Crippen molar-refractivity contribution in [1.82, 2.24) is 14.7 Å². The number of hydrogen-bond donors (Lipinski definition) is 2. The summed E-state index contributed by atoms with van der Waals surface area (Å²) in [5.74, 6) is -1.01. The number of amides is 2. The van der Waals surface area contributed by atoms with E-state index in [-0.39, 0.29) is 36.7 Å². The van der Waals surface area contributed by atoms with Gasteiger partial charge in [0.1, 0.15) is 0 Å². The number of anilines is 1. The molecule has 2 saturated heterocycles. The smallest absolute Gasteiger partial charge is 0.0834 e. The SMILES string of the molecule is CN(CCO)C(=O)c1ccc(NC2CN(C3CCN(C(=O)[As](C)C(c4cccc(F)c4)C(F)(F)F)CC3)C2)cc1Cl. The van der Waals surface area contributed by atoms with Crippen LogP contribution in [0.15, 0.2) is 42.5 Å². The molecule has 0 aromatic heterocycles. The number of aliphatic hydroxyl groups is 1. The summed E-state index contributed by atoms with van der Waals surface area (Å²) in [5, 5.41) is 12.8. The van der Waals surface area contributed by atoms with Crippen LogP contribution in [0.25, 0.3) is 0 Å². The maximum absolute atomic E-state index is 14.0. The minimum atomic E-state index is -4.62. The van der Waals surface area contributed by atoms with Gasteiger partial charge in [-0.3, -0.25) is 4.79 Å². The van der Waals surface area contributed by atoms with Crippen molar-refractivity contribution in [3.63, 3.8) is 0 Å². The summed E-state index contributed by atoms with van der Waals surface area (Å²) in [4.78, 5) is 30.9. The summed E-state index contributed by atoms with van der Waals surface area (Å²) in [6.07, 6.45) is -3.25. The van der Waals surface area contributed by atoms with Crippen molar-refractivity contribution in [1.29, 1.82) is 0 Å². The molecule has 2 aromatic carbocycles. The fourth-order valence-electron chi connectivity index (χ4n) is 5.44. The van der Waals surface area contributed by atoms with Crippen molar-refractivity contribution < 1.29 is 32.3 Å². The van der Waals surface area contributed by atoms with Gasteiger partial charge in [-0.25, -0.2) is 0 Å². The van der Waals surface area contributed by atoms with Crippen LogP contribution in [0.5, 0.6) is 0 Å². The molecule has 4 rings (SSSR count). The second kappa shape index (κ2) is 13.3. The average molecular weight is 661 g/mol. The second-order valence-electron chi connectivity index (χ2n) is 10.6. The normalized spacial score (nSPS) is 18.5. The van der Waals surface area contributed by atoms with Crippen LogP contribution in [-0.4, -0.2) is 110 Å². The standard InChI is InChI=1S/C28H34AsClF4N4O3/c1-29(25(28(32,33)34)18-4-3-5-19(31)14-18)27(41)37-10-8-22(9-11-37)38-16-21(17-38)35-20-6-7-23(24(30)15-20)26(40)36(2)12-13-39/h3-7,14-15,21-22,25,35,39H,8-13,16-17H2,1-2H3. The second-order valence-corrected chi connectivity index (χ2v) is 15.4. The van der Waals surface area contributed by atoms with Crippen LogP contribution in [-0.2, 0) is 0 Å². The van der Waals surface area contributed by atoms with Crippen LogP contribution < -0.4 is 5.32 Å². The Labute approximate surface area is 246 Å². The molecule has 224 valence electrons. The average Bonchev–Trinajstić information content (AvgIpc) is 2.89. The first-order valence-corrected chi connectivity index (χ1v) is 17.7. The van der Waals surface area contributed by atoms with Crippen LogP contribution >= 0.6 is 11.6 Å². The van der Waals surface area contributed by atoms with Gasteiger partial charge in [-0.2, -0.15) is 0 Å². The first-order valence-electron chi connectivity index (χ1n) is 13.4. The fourth-order valence-corrected chi connectivity index (χ4v) is 9.72. The van der Waals surface area contributed by atoms with E-state index in [9.17, 15) is 27.2 Å². The number of alkyl halides is 3. The number of benzene rings is 2. The van der Waals surface area contributed by atoms with E-state index in [4.69, 9.17) is 16.7 Å². The van der Waals surface area contributed by atoms with Crippen molar-refractivity contribution in [2.75, 3.05) is 51.7 Å². The molecule has 2 aromatic rings. The molecule has 2 N–H and O–H groups in total. The Morgan fingerprint density at radius 1 is 1.17 bits per heavy atom. The van der Waals surface area contributed by atoms with Crippen molar-refractivity contribution in [3.05, 3.63) is 64.4 Å². The van der Waals surface area contributed by atoms with Crippen LogP contribution in [0.4, 0.5) is 28.0 Å². The van der Waals surface area contributed by atoms with Gasteiger partial charge >= 0.3 is 189 Å². The molecule has 0 aliphatic carbocycles. The van der Waals surface area contributed by atoms with E-state index >= 15 is 0 Å². The third kappa shape index (κ3) is 7.55. The monoisotopic (exact) mass is 660 g/mol. The van der Waals surface area contributed by atoms with Gasteiger partial charge in [0.25, 0.3) is 5.91 Å². The maximum atomic E-state index is 14.0. The first-order chi connectivity index (χ1) is 19.4. The Bertz CT molecular complexity index is 1240. The summed E-state index contributed by atoms with van der Waals surface area (Å²) in [6, 6.07) is 10.1. The quantitative estimate of drug-likeness (QED) is 0.298. The van der Waals surface area contributed by atoms with Gasteiger partial charge in [0.2, 0.25) is 0 Å². The number of aliphatic hydroxyl groups excluding tert-OH is 1. The van der Waals surface area contributed by atoms with E-state index in [2.05, 4.69) is 10.2 Å². The van der Waals surface area contributed by atoms with E-state index < -0.39 is 36.0 Å². The number of carbonyl (C=O) groups is 2. The number of likely N-dealkylation sites (tertiary alicyclic amines) is 2. The predicted molar refractivity (Wildman–Crippen MR) is 151 cm³/mol. The summed E-state index contributed by atoms with van der Waals surface area (Å²) >= 11 is 3.22. The van der Waals surface area contributed by atoms with Gasteiger partial charge in [0.05, 0.1) is 12.2 Å². The van der Waals surface area contributed by atoms with Gasteiger partial charge < -0.3 is 10.0 Å². The number of hydrogen-bond acceptors (Lipinski definition) is 5. The zero-order chi connectivity index (χ0) is 29.9. The molecule has 2 heterocycles. The molecule has 2 aliphatic rings. The Balaban J connectivity index is 1.27. The summed E-state index contributed by atoms with van der Waals surface area (Å²) in [7, 11) is 1.60. The van der Waals surface area contributed by atoms with Crippen LogP contribution in [0.1, 0.15) is 33.5 Å². The molecule has 2 amide bonds. The Morgan fingerprint density at radius 3 is 2.44 bits per heavy atom. The predicted octanol–water partition coefficient (Wildman–Crippen LogP) is 4.82. The van der Waals surface area contributed by atoms with Crippen molar-refractivity contribution in [2.45, 2.75) is 41.5 Å². The summed E-state index contributed by atoms with van der Waals surface area (Å²) in [6.45, 7) is 2.43. The number of likely N-dealkylation sites (N-methyl/N-ethyl adjacent to an activating group) is 1.